The maximum Gasteiger partial charge on any atom is 0.0622 e. The second kappa shape index (κ2) is 7.09. The van der Waals surface area contributed by atoms with Gasteiger partial charge in [-0.15, -0.1) is 0 Å². The summed E-state index contributed by atoms with van der Waals surface area (Å²) in [7, 11) is 0. The van der Waals surface area contributed by atoms with Crippen LogP contribution >= 0.6 is 0 Å². The Morgan fingerprint density at radius 2 is 1.76 bits per heavy atom. The molecule has 0 unspecified atom stereocenters. The molecule has 0 atom stereocenters. The van der Waals surface area contributed by atoms with Crippen LogP contribution in [0.4, 0.5) is 0 Å². The first-order valence-corrected chi connectivity index (χ1v) is 6.29. The summed E-state index contributed by atoms with van der Waals surface area (Å²) in [6.45, 7) is 8.44. The quantitative estimate of drug-likeness (QED) is 0.762. The molecule has 17 heavy (non-hydrogen) atoms. The van der Waals surface area contributed by atoms with Crippen LogP contribution in [0, 0.1) is 32.1 Å². The third-order valence-electron chi connectivity index (χ3n) is 3.17. The van der Waals surface area contributed by atoms with E-state index in [9.17, 15) is 0 Å². The lowest BCUT2D eigenvalue weighted by Crippen LogP contribution is -2.18. The van der Waals surface area contributed by atoms with Gasteiger partial charge in [-0.05, 0) is 69.0 Å². The van der Waals surface area contributed by atoms with Crippen molar-refractivity contribution in [2.45, 2.75) is 40.0 Å². The van der Waals surface area contributed by atoms with E-state index in [1.54, 1.807) is 0 Å². The summed E-state index contributed by atoms with van der Waals surface area (Å²) in [4.78, 5) is 0. The summed E-state index contributed by atoms with van der Waals surface area (Å²) in [5, 5.41) is 11.8. The molecule has 1 aromatic carbocycles. The fourth-order valence-electron chi connectivity index (χ4n) is 1.93. The van der Waals surface area contributed by atoms with Crippen molar-refractivity contribution in [3.63, 3.8) is 0 Å². The first-order chi connectivity index (χ1) is 8.15. The lowest BCUT2D eigenvalue weighted by Gasteiger charge is -2.10. The Kier molecular flexibility index (Phi) is 5.72. The standard InChI is InChI=1S/C15H22N2/c1-12-10-14(3)15(11-13(12)2)6-9-17-8-5-4-7-16/h10-11,17H,4-6,8-9H2,1-3H3. The van der Waals surface area contributed by atoms with Crippen molar-refractivity contribution in [3.05, 3.63) is 34.4 Å². The molecule has 0 heterocycles. The molecule has 0 radical (unpaired) electrons. The van der Waals surface area contributed by atoms with Crippen molar-refractivity contribution in [2.75, 3.05) is 13.1 Å². The van der Waals surface area contributed by atoms with E-state index in [0.717, 1.165) is 25.9 Å². The third-order valence-corrected chi connectivity index (χ3v) is 3.17. The zero-order valence-electron chi connectivity index (χ0n) is 11.1. The molecule has 1 rings (SSSR count). The lowest BCUT2D eigenvalue weighted by atomic mass is 9.99. The lowest BCUT2D eigenvalue weighted by molar-refractivity contribution is 0.654. The molecule has 0 aliphatic rings. The summed E-state index contributed by atoms with van der Waals surface area (Å²) in [6.07, 6.45) is 2.66. The minimum Gasteiger partial charge on any atom is -0.316 e. The summed E-state index contributed by atoms with van der Waals surface area (Å²) >= 11 is 0. The average Bonchev–Trinajstić information content (AvgIpc) is 2.30. The number of nitrogens with one attached hydrogen (secondary N) is 1. The Bertz CT molecular complexity index is 402. The molecule has 0 aliphatic heterocycles. The predicted octanol–water partition coefficient (Wildman–Crippen LogP) is 3.05. The highest BCUT2D eigenvalue weighted by Crippen LogP contribution is 2.15. The van der Waals surface area contributed by atoms with Gasteiger partial charge in [-0.25, -0.2) is 0 Å². The Labute approximate surface area is 105 Å². The number of unbranched alkanes of at least 4 members (excludes halogenated alkanes) is 1. The fourth-order valence-corrected chi connectivity index (χ4v) is 1.93. The molecule has 92 valence electrons. The van der Waals surface area contributed by atoms with Crippen molar-refractivity contribution in [3.8, 4) is 6.07 Å². The normalized spacial score (nSPS) is 10.2. The van der Waals surface area contributed by atoms with Crippen LogP contribution in [0.3, 0.4) is 0 Å². The SMILES string of the molecule is Cc1cc(C)c(CCNCCCC#N)cc1C. The highest BCUT2D eigenvalue weighted by atomic mass is 14.8. The van der Waals surface area contributed by atoms with Crippen molar-refractivity contribution < 1.29 is 0 Å². The molecule has 0 aliphatic carbocycles. The van der Waals surface area contributed by atoms with E-state index in [4.69, 9.17) is 5.26 Å². The van der Waals surface area contributed by atoms with E-state index in [0.29, 0.717) is 6.42 Å². The number of hydrogen-bond donors (Lipinski definition) is 1. The maximum absolute atomic E-state index is 8.42. The molecule has 0 fully saturated rings. The van der Waals surface area contributed by atoms with E-state index in [1.165, 1.54) is 22.3 Å². The largest absolute Gasteiger partial charge is 0.316 e. The minimum atomic E-state index is 0.648. The van der Waals surface area contributed by atoms with E-state index in [-0.39, 0.29) is 0 Å². The van der Waals surface area contributed by atoms with Gasteiger partial charge in [0, 0.05) is 6.42 Å². The Morgan fingerprint density at radius 1 is 1.06 bits per heavy atom. The summed E-state index contributed by atoms with van der Waals surface area (Å²) < 4.78 is 0. The molecular formula is C15H22N2. The van der Waals surface area contributed by atoms with Gasteiger partial charge in [0.25, 0.3) is 0 Å². The van der Waals surface area contributed by atoms with E-state index < -0.39 is 0 Å². The van der Waals surface area contributed by atoms with Gasteiger partial charge >= 0.3 is 0 Å². The van der Waals surface area contributed by atoms with Crippen LogP contribution in [0.5, 0.6) is 0 Å². The van der Waals surface area contributed by atoms with Gasteiger partial charge < -0.3 is 5.32 Å². The fraction of sp³-hybridized carbons (Fsp3) is 0.533. The molecule has 1 aromatic rings. The van der Waals surface area contributed by atoms with Crippen LogP contribution < -0.4 is 5.32 Å². The Morgan fingerprint density at radius 3 is 2.47 bits per heavy atom. The van der Waals surface area contributed by atoms with Crippen LogP contribution in [-0.4, -0.2) is 13.1 Å². The Hall–Kier alpha value is -1.33. The molecule has 1 N–H and O–H groups in total. The molecule has 0 amide bonds. The molecule has 0 saturated carbocycles. The van der Waals surface area contributed by atoms with E-state index >= 15 is 0 Å². The van der Waals surface area contributed by atoms with Crippen LogP contribution in [0.25, 0.3) is 0 Å². The molecule has 0 bridgehead atoms. The number of nitriles is 1. The molecule has 0 aromatic heterocycles. The number of nitrogens with zero attached hydrogens (tertiary/aromatic N) is 1. The number of rotatable bonds is 6. The molecule has 2 heteroatoms. The minimum absolute atomic E-state index is 0.648. The van der Waals surface area contributed by atoms with Gasteiger partial charge in [-0.2, -0.15) is 5.26 Å². The van der Waals surface area contributed by atoms with Crippen molar-refractivity contribution in [1.82, 2.24) is 5.32 Å². The number of benzene rings is 1. The van der Waals surface area contributed by atoms with Crippen LogP contribution in [0.1, 0.15) is 35.1 Å². The van der Waals surface area contributed by atoms with Crippen molar-refractivity contribution >= 4 is 0 Å². The second-order valence-corrected chi connectivity index (χ2v) is 4.62. The molecular weight excluding hydrogens is 208 g/mol. The summed E-state index contributed by atoms with van der Waals surface area (Å²) in [5.74, 6) is 0. The second-order valence-electron chi connectivity index (χ2n) is 4.62. The topological polar surface area (TPSA) is 35.8 Å². The van der Waals surface area contributed by atoms with E-state index in [1.807, 2.05) is 0 Å². The maximum atomic E-state index is 8.42. The highest BCUT2D eigenvalue weighted by Gasteiger charge is 2.01. The first kappa shape index (κ1) is 13.7. The molecule has 0 spiro atoms. The van der Waals surface area contributed by atoms with Gasteiger partial charge in [0.1, 0.15) is 0 Å². The van der Waals surface area contributed by atoms with Gasteiger partial charge in [0.05, 0.1) is 6.07 Å². The van der Waals surface area contributed by atoms with Crippen LogP contribution in [-0.2, 0) is 6.42 Å². The average molecular weight is 230 g/mol. The van der Waals surface area contributed by atoms with Gasteiger partial charge in [-0.3, -0.25) is 0 Å². The summed E-state index contributed by atoms with van der Waals surface area (Å²) in [5.41, 5.74) is 5.55. The Balaban J connectivity index is 2.37. The third kappa shape index (κ3) is 4.58. The molecule has 2 nitrogen and oxygen atoms in total. The van der Waals surface area contributed by atoms with Gasteiger partial charge in [0.2, 0.25) is 0 Å². The monoisotopic (exact) mass is 230 g/mol. The molecule has 0 saturated heterocycles. The summed E-state index contributed by atoms with van der Waals surface area (Å²) in [6, 6.07) is 6.72. The van der Waals surface area contributed by atoms with Gasteiger partial charge in [0.15, 0.2) is 0 Å². The van der Waals surface area contributed by atoms with Crippen LogP contribution in [0.15, 0.2) is 12.1 Å². The number of hydrogen-bond acceptors (Lipinski definition) is 2. The van der Waals surface area contributed by atoms with Crippen molar-refractivity contribution in [1.29, 1.82) is 5.26 Å². The van der Waals surface area contributed by atoms with E-state index in [2.05, 4.69) is 44.3 Å². The zero-order valence-corrected chi connectivity index (χ0v) is 11.1. The van der Waals surface area contributed by atoms with Crippen LogP contribution in [0.2, 0.25) is 0 Å². The van der Waals surface area contributed by atoms with Gasteiger partial charge in [-0.1, -0.05) is 12.1 Å². The highest BCUT2D eigenvalue weighted by molar-refractivity contribution is 5.36. The number of aryl methyl sites for hydroxylation is 3. The first-order valence-electron chi connectivity index (χ1n) is 6.29. The van der Waals surface area contributed by atoms with Crippen molar-refractivity contribution in [2.24, 2.45) is 0 Å². The predicted molar refractivity (Wildman–Crippen MR) is 72.1 cm³/mol. The smallest absolute Gasteiger partial charge is 0.0622 e. The zero-order chi connectivity index (χ0) is 12.7.